The minimum atomic E-state index is 0.365. The number of piperidine rings is 1. The molecular weight excluding hydrogens is 486 g/mol. The van der Waals surface area contributed by atoms with E-state index in [2.05, 4.69) is 64.5 Å². The Hall–Kier alpha value is -4.03. The normalized spacial score (nSPS) is 16.1. The van der Waals surface area contributed by atoms with E-state index in [0.29, 0.717) is 6.04 Å². The van der Waals surface area contributed by atoms with Crippen LogP contribution in [0, 0.1) is 0 Å². The highest BCUT2D eigenvalue weighted by molar-refractivity contribution is 6.15. The fourth-order valence-corrected chi connectivity index (χ4v) is 5.83. The number of benzene rings is 4. The van der Waals surface area contributed by atoms with Gasteiger partial charge in [-0.1, -0.05) is 36.4 Å². The molecule has 0 N–H and O–H groups in total. The van der Waals surface area contributed by atoms with Gasteiger partial charge in [0, 0.05) is 36.8 Å². The molecule has 39 heavy (non-hydrogen) atoms. The Balaban J connectivity index is 1.24. The number of methoxy groups -OCH3 is 3. The average molecular weight is 522 g/mol. The van der Waals surface area contributed by atoms with Crippen molar-refractivity contribution in [2.75, 3.05) is 34.4 Å². The molecule has 0 unspecified atom stereocenters. The van der Waals surface area contributed by atoms with Crippen LogP contribution in [-0.2, 0) is 13.1 Å². The maximum atomic E-state index is 5.75. The highest BCUT2D eigenvalue weighted by Gasteiger charge is 2.30. The summed E-state index contributed by atoms with van der Waals surface area (Å²) in [7, 11) is 5.10. The number of hydrogen-bond acceptors (Lipinski definition) is 6. The predicted octanol–water partition coefficient (Wildman–Crippen LogP) is 6.10. The van der Waals surface area contributed by atoms with Crippen molar-refractivity contribution < 1.29 is 14.2 Å². The first-order valence-corrected chi connectivity index (χ1v) is 13.6. The number of hydrazone groups is 1. The van der Waals surface area contributed by atoms with Gasteiger partial charge in [-0.05, 0) is 77.2 Å². The van der Waals surface area contributed by atoms with E-state index in [9.17, 15) is 0 Å². The van der Waals surface area contributed by atoms with Crippen molar-refractivity contribution in [1.29, 1.82) is 0 Å². The van der Waals surface area contributed by atoms with Crippen LogP contribution in [0.1, 0.15) is 35.1 Å². The molecule has 1 saturated heterocycles. The first kappa shape index (κ1) is 25.3. The largest absolute Gasteiger partial charge is 0.497 e. The monoisotopic (exact) mass is 521 g/mol. The van der Waals surface area contributed by atoms with E-state index in [4.69, 9.17) is 19.3 Å². The van der Waals surface area contributed by atoms with Gasteiger partial charge >= 0.3 is 0 Å². The molecule has 4 aromatic carbocycles. The van der Waals surface area contributed by atoms with Crippen molar-refractivity contribution >= 4 is 16.5 Å². The van der Waals surface area contributed by atoms with Crippen molar-refractivity contribution in [2.45, 2.75) is 32.0 Å². The molecule has 1 fully saturated rings. The Labute approximate surface area is 230 Å². The van der Waals surface area contributed by atoms with Gasteiger partial charge in [0.1, 0.15) is 23.0 Å². The summed E-state index contributed by atoms with van der Waals surface area (Å²) in [6, 6.07) is 27.9. The Morgan fingerprint density at radius 2 is 1.49 bits per heavy atom. The smallest absolute Gasteiger partial charge is 0.128 e. The zero-order valence-electron chi connectivity index (χ0n) is 22.9. The lowest BCUT2D eigenvalue weighted by Crippen LogP contribution is -2.44. The number of likely N-dealkylation sites (tertiary alicyclic amines) is 1. The van der Waals surface area contributed by atoms with Crippen LogP contribution in [-0.4, -0.2) is 56.1 Å². The molecule has 2 heterocycles. The second-order valence-electron chi connectivity index (χ2n) is 10.3. The molecule has 0 bridgehead atoms. The molecule has 0 aliphatic carbocycles. The molecule has 2 aliphatic rings. The lowest BCUT2D eigenvalue weighted by atomic mass is 9.93. The quantitative estimate of drug-likeness (QED) is 0.294. The van der Waals surface area contributed by atoms with Gasteiger partial charge in [0.25, 0.3) is 0 Å². The van der Waals surface area contributed by atoms with E-state index < -0.39 is 0 Å². The van der Waals surface area contributed by atoms with Crippen LogP contribution in [0.5, 0.6) is 17.2 Å². The van der Waals surface area contributed by atoms with Crippen molar-refractivity contribution in [3.63, 3.8) is 0 Å². The SMILES string of the molecule is COc1ccc2c(c1)CN(C1CCN(Cc3ccc4ccccc4c3)CC1)N=C2c1cc(OC)ccc1OC. The van der Waals surface area contributed by atoms with Crippen LogP contribution in [0.25, 0.3) is 10.8 Å². The Bertz CT molecular complexity index is 1510. The Morgan fingerprint density at radius 1 is 0.744 bits per heavy atom. The molecule has 4 aromatic rings. The molecule has 6 heteroatoms. The van der Waals surface area contributed by atoms with E-state index in [1.807, 2.05) is 24.3 Å². The van der Waals surface area contributed by atoms with Crippen LogP contribution < -0.4 is 14.2 Å². The van der Waals surface area contributed by atoms with Crippen molar-refractivity contribution in [3.05, 3.63) is 101 Å². The number of nitrogens with zero attached hydrogens (tertiary/aromatic N) is 3. The highest BCUT2D eigenvalue weighted by Crippen LogP contribution is 2.34. The number of hydrogen-bond donors (Lipinski definition) is 0. The summed E-state index contributed by atoms with van der Waals surface area (Å²) in [5.74, 6) is 2.42. The third-order valence-corrected chi connectivity index (χ3v) is 7.99. The Kier molecular flexibility index (Phi) is 7.12. The summed E-state index contributed by atoms with van der Waals surface area (Å²) in [5.41, 5.74) is 5.53. The maximum absolute atomic E-state index is 5.75. The van der Waals surface area contributed by atoms with Crippen LogP contribution >= 0.6 is 0 Å². The zero-order valence-corrected chi connectivity index (χ0v) is 22.9. The number of ether oxygens (including phenoxy) is 3. The van der Waals surface area contributed by atoms with Crippen LogP contribution in [0.15, 0.2) is 84.0 Å². The molecule has 0 aromatic heterocycles. The summed E-state index contributed by atoms with van der Waals surface area (Å²) in [6.45, 7) is 3.84. The summed E-state index contributed by atoms with van der Waals surface area (Å²) in [4.78, 5) is 2.57. The molecule has 6 nitrogen and oxygen atoms in total. The van der Waals surface area contributed by atoms with Gasteiger partial charge in [-0.3, -0.25) is 9.91 Å². The van der Waals surface area contributed by atoms with E-state index >= 15 is 0 Å². The van der Waals surface area contributed by atoms with Gasteiger partial charge in [-0.15, -0.1) is 0 Å². The molecule has 2 aliphatic heterocycles. The van der Waals surface area contributed by atoms with Gasteiger partial charge in [-0.25, -0.2) is 0 Å². The fourth-order valence-electron chi connectivity index (χ4n) is 5.83. The van der Waals surface area contributed by atoms with Crippen LogP contribution in [0.4, 0.5) is 0 Å². The summed E-state index contributed by atoms with van der Waals surface area (Å²) < 4.78 is 16.9. The third-order valence-electron chi connectivity index (χ3n) is 7.99. The van der Waals surface area contributed by atoms with Crippen molar-refractivity contribution in [1.82, 2.24) is 9.91 Å². The predicted molar refractivity (Wildman–Crippen MR) is 156 cm³/mol. The second-order valence-corrected chi connectivity index (χ2v) is 10.3. The topological polar surface area (TPSA) is 46.5 Å². The standard InChI is InChI=1S/C33H35N3O3/c1-37-28-10-12-30-26(19-28)22-36(34-33(30)31-20-29(38-2)11-13-32(31)39-3)27-14-16-35(17-15-27)21-23-8-9-24-6-4-5-7-25(24)18-23/h4-13,18-20,27H,14-17,21-22H2,1-3H3. The molecule has 0 radical (unpaired) electrons. The minimum Gasteiger partial charge on any atom is -0.497 e. The van der Waals surface area contributed by atoms with Crippen LogP contribution in [0.3, 0.4) is 0 Å². The van der Waals surface area contributed by atoms with E-state index in [0.717, 1.165) is 73.1 Å². The molecule has 6 rings (SSSR count). The van der Waals surface area contributed by atoms with Gasteiger partial charge < -0.3 is 14.2 Å². The first-order valence-electron chi connectivity index (χ1n) is 13.6. The van der Waals surface area contributed by atoms with E-state index in [1.165, 1.54) is 21.9 Å². The molecule has 200 valence electrons. The second kappa shape index (κ2) is 11.0. The molecule has 0 saturated carbocycles. The van der Waals surface area contributed by atoms with E-state index in [1.54, 1.807) is 21.3 Å². The van der Waals surface area contributed by atoms with Gasteiger partial charge in [0.2, 0.25) is 0 Å². The fraction of sp³-hybridized carbons (Fsp3) is 0.303. The molecular formula is C33H35N3O3. The van der Waals surface area contributed by atoms with Crippen molar-refractivity contribution in [2.24, 2.45) is 5.10 Å². The zero-order chi connectivity index (χ0) is 26.8. The number of fused-ring (bicyclic) bond motifs is 2. The minimum absolute atomic E-state index is 0.365. The van der Waals surface area contributed by atoms with E-state index in [-0.39, 0.29) is 0 Å². The maximum Gasteiger partial charge on any atom is 0.128 e. The first-order chi connectivity index (χ1) is 19.1. The summed E-state index contributed by atoms with van der Waals surface area (Å²) >= 11 is 0. The average Bonchev–Trinajstić information content (AvgIpc) is 3.00. The third kappa shape index (κ3) is 5.17. The molecule has 0 atom stereocenters. The lowest BCUT2D eigenvalue weighted by molar-refractivity contribution is 0.100. The summed E-state index contributed by atoms with van der Waals surface area (Å²) in [6.07, 6.45) is 2.14. The van der Waals surface area contributed by atoms with Gasteiger partial charge in [0.15, 0.2) is 0 Å². The Morgan fingerprint density at radius 3 is 2.26 bits per heavy atom. The van der Waals surface area contributed by atoms with Crippen LogP contribution in [0.2, 0.25) is 0 Å². The molecule has 0 amide bonds. The molecule has 0 spiro atoms. The van der Waals surface area contributed by atoms with Gasteiger partial charge in [0.05, 0.1) is 27.9 Å². The highest BCUT2D eigenvalue weighted by atomic mass is 16.5. The summed E-state index contributed by atoms with van der Waals surface area (Å²) in [5, 5.41) is 10.1. The van der Waals surface area contributed by atoms with Gasteiger partial charge in [-0.2, -0.15) is 5.10 Å². The lowest BCUT2D eigenvalue weighted by Gasteiger charge is -2.39. The van der Waals surface area contributed by atoms with Crippen molar-refractivity contribution in [3.8, 4) is 17.2 Å². The number of rotatable bonds is 7.